The summed E-state index contributed by atoms with van der Waals surface area (Å²) < 4.78 is 0. The van der Waals surface area contributed by atoms with Crippen molar-refractivity contribution in [2.75, 3.05) is 36.8 Å². The normalized spacial score (nSPS) is 14.8. The van der Waals surface area contributed by atoms with Gasteiger partial charge in [0.25, 0.3) is 0 Å². The number of nitrogens with one attached hydrogen (secondary N) is 3. The molecule has 0 saturated carbocycles. The number of aromatic amines is 1. The molecule has 9 heteroatoms. The number of hydrogen-bond acceptors (Lipinski definition) is 6. The Hall–Kier alpha value is -2.09. The topological polar surface area (TPSA) is 81.8 Å². The summed E-state index contributed by atoms with van der Waals surface area (Å²) in [4.78, 5) is 19.1. The molecule has 1 fully saturated rings. The number of rotatable bonds is 6. The van der Waals surface area contributed by atoms with Gasteiger partial charge in [0.2, 0.25) is 11.9 Å². The molecule has 4 rings (SSSR count). The zero-order valence-electron chi connectivity index (χ0n) is 15.0. The second-order valence-corrected chi connectivity index (χ2v) is 7.50. The fourth-order valence-electron chi connectivity index (χ4n) is 3.23. The van der Waals surface area contributed by atoms with Crippen LogP contribution in [0.15, 0.2) is 18.2 Å². The Bertz CT molecular complexity index is 911. The lowest BCUT2D eigenvalue weighted by molar-refractivity contribution is 0.352. The van der Waals surface area contributed by atoms with E-state index in [1.54, 1.807) is 12.1 Å². The predicted molar refractivity (Wildman–Crippen MR) is 110 cm³/mol. The molecule has 0 aliphatic carbocycles. The maximum Gasteiger partial charge on any atom is 0.231 e. The second kappa shape index (κ2) is 7.88. The van der Waals surface area contributed by atoms with E-state index in [-0.39, 0.29) is 0 Å². The molecule has 1 saturated heterocycles. The van der Waals surface area contributed by atoms with Crippen LogP contribution in [0.1, 0.15) is 18.5 Å². The highest BCUT2D eigenvalue weighted by molar-refractivity contribution is 6.42. The Morgan fingerprint density at radius 2 is 1.85 bits per heavy atom. The van der Waals surface area contributed by atoms with E-state index in [0.29, 0.717) is 21.9 Å². The fourth-order valence-corrected chi connectivity index (χ4v) is 3.55. The number of aryl methyl sites for hydroxylation is 1. The third kappa shape index (κ3) is 4.43. The van der Waals surface area contributed by atoms with Crippen LogP contribution in [0, 0.1) is 6.92 Å². The molecule has 3 N–H and O–H groups in total. The lowest BCUT2D eigenvalue weighted by atomic mass is 10.3. The second-order valence-electron chi connectivity index (χ2n) is 6.69. The monoisotopic (exact) mass is 405 g/mol. The number of hydrogen-bond donors (Lipinski definition) is 3. The number of fused-ring (bicyclic) bond motifs is 1. The molecular formula is C18H21Cl2N7. The van der Waals surface area contributed by atoms with Gasteiger partial charge in [0.1, 0.15) is 5.82 Å². The molecule has 3 heterocycles. The van der Waals surface area contributed by atoms with Crippen molar-refractivity contribution >= 4 is 51.9 Å². The standard InChI is InChI=1S/C18H21Cl2N7/c1-11-8-16(21-4-7-27-5-2-3-6-27)25-17(22-11)26-18-23-14-9-12(19)13(20)10-15(14)24-18/h8-10H,2-7H2,1H3,(H3,21,22,23,24,25,26). The summed E-state index contributed by atoms with van der Waals surface area (Å²) >= 11 is 12.1. The molecule has 0 unspecified atom stereocenters. The number of nitrogens with zero attached hydrogens (tertiary/aromatic N) is 4. The number of imidazole rings is 1. The van der Waals surface area contributed by atoms with Crippen LogP contribution in [0.2, 0.25) is 10.0 Å². The van der Waals surface area contributed by atoms with Crippen molar-refractivity contribution in [2.45, 2.75) is 19.8 Å². The van der Waals surface area contributed by atoms with E-state index in [9.17, 15) is 0 Å². The van der Waals surface area contributed by atoms with Crippen LogP contribution in [0.25, 0.3) is 11.0 Å². The third-order valence-electron chi connectivity index (χ3n) is 4.54. The third-order valence-corrected chi connectivity index (χ3v) is 5.26. The van der Waals surface area contributed by atoms with E-state index in [1.807, 2.05) is 13.0 Å². The van der Waals surface area contributed by atoms with Gasteiger partial charge < -0.3 is 15.2 Å². The van der Waals surface area contributed by atoms with Crippen molar-refractivity contribution in [3.8, 4) is 0 Å². The van der Waals surface area contributed by atoms with Crippen LogP contribution >= 0.6 is 23.2 Å². The largest absolute Gasteiger partial charge is 0.369 e. The number of aromatic nitrogens is 4. The first-order valence-electron chi connectivity index (χ1n) is 9.00. The molecule has 1 aliphatic heterocycles. The predicted octanol–water partition coefficient (Wildman–Crippen LogP) is 4.22. The Labute approximate surface area is 167 Å². The molecule has 0 atom stereocenters. The molecule has 3 aromatic rings. The Balaban J connectivity index is 1.46. The maximum absolute atomic E-state index is 6.06. The van der Waals surface area contributed by atoms with E-state index >= 15 is 0 Å². The summed E-state index contributed by atoms with van der Waals surface area (Å²) in [6.45, 7) is 6.21. The van der Waals surface area contributed by atoms with Gasteiger partial charge in [0, 0.05) is 24.8 Å². The quantitative estimate of drug-likeness (QED) is 0.569. The highest BCUT2D eigenvalue weighted by atomic mass is 35.5. The van der Waals surface area contributed by atoms with Crippen molar-refractivity contribution in [2.24, 2.45) is 0 Å². The molecule has 1 aliphatic rings. The van der Waals surface area contributed by atoms with Crippen LogP contribution in [-0.4, -0.2) is 51.0 Å². The first-order chi connectivity index (χ1) is 13.1. The van der Waals surface area contributed by atoms with E-state index < -0.39 is 0 Å². The SMILES string of the molecule is Cc1cc(NCCN2CCCC2)nc(Nc2nc3cc(Cl)c(Cl)cc3[nH]2)n1. The molecule has 0 bridgehead atoms. The molecule has 7 nitrogen and oxygen atoms in total. The lowest BCUT2D eigenvalue weighted by Gasteiger charge is -2.15. The summed E-state index contributed by atoms with van der Waals surface area (Å²) in [6.07, 6.45) is 2.60. The van der Waals surface area contributed by atoms with Gasteiger partial charge in [-0.1, -0.05) is 23.2 Å². The molecule has 142 valence electrons. The summed E-state index contributed by atoms with van der Waals surface area (Å²) in [5, 5.41) is 7.45. The van der Waals surface area contributed by atoms with Gasteiger partial charge in [-0.05, 0) is 45.0 Å². The Morgan fingerprint density at radius 1 is 1.07 bits per heavy atom. The minimum atomic E-state index is 0.471. The van der Waals surface area contributed by atoms with Gasteiger partial charge in [0.05, 0.1) is 21.1 Å². The van der Waals surface area contributed by atoms with Crippen molar-refractivity contribution in [3.05, 3.63) is 33.9 Å². The first-order valence-corrected chi connectivity index (χ1v) is 9.76. The summed E-state index contributed by atoms with van der Waals surface area (Å²) in [5.41, 5.74) is 2.39. The van der Waals surface area contributed by atoms with Crippen LogP contribution < -0.4 is 10.6 Å². The lowest BCUT2D eigenvalue weighted by Crippen LogP contribution is -2.26. The van der Waals surface area contributed by atoms with Crippen LogP contribution in [-0.2, 0) is 0 Å². The van der Waals surface area contributed by atoms with Crippen LogP contribution in [0.5, 0.6) is 0 Å². The molecule has 27 heavy (non-hydrogen) atoms. The van der Waals surface area contributed by atoms with Gasteiger partial charge in [-0.25, -0.2) is 9.97 Å². The zero-order valence-corrected chi connectivity index (χ0v) is 16.5. The average molecular weight is 406 g/mol. The average Bonchev–Trinajstić information content (AvgIpc) is 3.24. The molecular weight excluding hydrogens is 385 g/mol. The van der Waals surface area contributed by atoms with Gasteiger partial charge in [-0.3, -0.25) is 5.32 Å². The summed E-state index contributed by atoms with van der Waals surface area (Å²) in [5.74, 6) is 1.82. The van der Waals surface area contributed by atoms with Gasteiger partial charge in [-0.15, -0.1) is 0 Å². The minimum Gasteiger partial charge on any atom is -0.369 e. The van der Waals surface area contributed by atoms with Crippen LogP contribution in [0.4, 0.5) is 17.7 Å². The minimum absolute atomic E-state index is 0.471. The van der Waals surface area contributed by atoms with Crippen molar-refractivity contribution < 1.29 is 0 Å². The number of H-pyrrole nitrogens is 1. The van der Waals surface area contributed by atoms with Crippen LogP contribution in [0.3, 0.4) is 0 Å². The Morgan fingerprint density at radius 3 is 2.67 bits per heavy atom. The number of anilines is 3. The molecule has 0 radical (unpaired) electrons. The smallest absolute Gasteiger partial charge is 0.231 e. The molecule has 1 aromatic carbocycles. The number of halogens is 2. The van der Waals surface area contributed by atoms with E-state index in [4.69, 9.17) is 23.2 Å². The molecule has 2 aromatic heterocycles. The van der Waals surface area contributed by atoms with Crippen molar-refractivity contribution in [1.29, 1.82) is 0 Å². The number of likely N-dealkylation sites (tertiary alicyclic amines) is 1. The summed E-state index contributed by atoms with van der Waals surface area (Å²) in [6, 6.07) is 5.41. The van der Waals surface area contributed by atoms with Gasteiger partial charge in [0.15, 0.2) is 0 Å². The summed E-state index contributed by atoms with van der Waals surface area (Å²) in [7, 11) is 0. The van der Waals surface area contributed by atoms with E-state index in [1.165, 1.54) is 25.9 Å². The zero-order chi connectivity index (χ0) is 18.8. The molecule has 0 spiro atoms. The fraction of sp³-hybridized carbons (Fsp3) is 0.389. The first kappa shape index (κ1) is 18.3. The van der Waals surface area contributed by atoms with Gasteiger partial charge >= 0.3 is 0 Å². The Kier molecular flexibility index (Phi) is 5.33. The maximum atomic E-state index is 6.06. The van der Waals surface area contributed by atoms with Crippen molar-refractivity contribution in [1.82, 2.24) is 24.8 Å². The highest BCUT2D eigenvalue weighted by Crippen LogP contribution is 2.28. The highest BCUT2D eigenvalue weighted by Gasteiger charge is 2.11. The van der Waals surface area contributed by atoms with Crippen molar-refractivity contribution in [3.63, 3.8) is 0 Å². The van der Waals surface area contributed by atoms with E-state index in [2.05, 4.69) is 35.5 Å². The number of benzene rings is 1. The van der Waals surface area contributed by atoms with Gasteiger partial charge in [-0.2, -0.15) is 4.98 Å². The molecule has 0 amide bonds. The van der Waals surface area contributed by atoms with E-state index in [0.717, 1.165) is 35.6 Å².